The number of hydrogen-bond acceptors (Lipinski definition) is 8. The van der Waals surface area contributed by atoms with Crippen molar-refractivity contribution in [1.29, 1.82) is 0 Å². The van der Waals surface area contributed by atoms with E-state index in [1.165, 1.54) is 16.7 Å². The fourth-order valence-electron chi connectivity index (χ4n) is 3.79. The molecule has 1 saturated heterocycles. The van der Waals surface area contributed by atoms with Gasteiger partial charge in [-0.2, -0.15) is 0 Å². The fraction of sp³-hybridized carbons (Fsp3) is 0.706. The Bertz CT molecular complexity index is 680. The molecule has 1 unspecified atom stereocenters. The number of aliphatic hydroxyl groups excluding tert-OH is 1. The molecule has 0 aromatic rings. The van der Waals surface area contributed by atoms with Crippen molar-refractivity contribution < 1.29 is 24.5 Å². The Morgan fingerprint density at radius 3 is 2.85 bits per heavy atom. The van der Waals surface area contributed by atoms with Crippen molar-refractivity contribution >= 4 is 29.7 Å². The van der Waals surface area contributed by atoms with Crippen molar-refractivity contribution in [3.05, 3.63) is 10.6 Å². The number of fused-ring (bicyclic) bond motifs is 1. The summed E-state index contributed by atoms with van der Waals surface area (Å²) in [6.07, 6.45) is -0.793. The average Bonchev–Trinajstić information content (AvgIpc) is 2.85. The number of aliphatic imine (C=N–C) groups is 1. The molecule has 0 aromatic heterocycles. The van der Waals surface area contributed by atoms with Crippen molar-refractivity contribution in [2.45, 2.75) is 31.2 Å². The second-order valence-corrected chi connectivity index (χ2v) is 8.33. The van der Waals surface area contributed by atoms with Crippen LogP contribution in [0, 0.1) is 11.8 Å². The lowest BCUT2D eigenvalue weighted by atomic mass is 9.79. The van der Waals surface area contributed by atoms with E-state index in [2.05, 4.69) is 15.6 Å². The summed E-state index contributed by atoms with van der Waals surface area (Å²) in [4.78, 5) is 30.6. The van der Waals surface area contributed by atoms with Crippen LogP contribution < -0.4 is 10.6 Å². The zero-order chi connectivity index (χ0) is 19.7. The third kappa shape index (κ3) is 3.65. The lowest BCUT2D eigenvalue weighted by molar-refractivity contribution is -0.163. The molecule has 0 bridgehead atoms. The molecular formula is C17H26N4O5S. The minimum Gasteiger partial charge on any atom is -0.477 e. The largest absolute Gasteiger partial charge is 0.477 e. The summed E-state index contributed by atoms with van der Waals surface area (Å²) < 4.78 is 5.50. The lowest BCUT2D eigenvalue weighted by Crippen LogP contribution is -2.63. The molecule has 1 amide bonds. The maximum atomic E-state index is 12.4. The van der Waals surface area contributed by atoms with Gasteiger partial charge in [-0.05, 0) is 14.0 Å². The first-order valence-corrected chi connectivity index (χ1v) is 9.95. The number of hydrogen-bond donors (Lipinski definition) is 4. The number of β-lactam (4-membered cyclic amide) rings is 1. The standard InChI is InChI=1S/C17H26N4O5S/c1-8-12-11(9(2)22)15(23)21(12)13(16(24)25)14(8)27-10-6-19-17(20-7-10)26-5-4-18-3/h8-12,18,22H,4-7H2,1-3H3,(H,19,20)(H,24,25)/t8-,9-,11-,12-/m1/s1. The van der Waals surface area contributed by atoms with Gasteiger partial charge in [0.05, 0.1) is 24.6 Å². The number of carboxylic acids is 1. The normalized spacial score (nSPS) is 31.0. The number of aliphatic carboxylic acids is 1. The summed E-state index contributed by atoms with van der Waals surface area (Å²) in [5.41, 5.74) is 0.0550. The van der Waals surface area contributed by atoms with E-state index in [0.29, 0.717) is 30.6 Å². The molecule has 0 aromatic carbocycles. The van der Waals surface area contributed by atoms with Crippen LogP contribution in [-0.2, 0) is 14.3 Å². The smallest absolute Gasteiger partial charge is 0.353 e. The summed E-state index contributed by atoms with van der Waals surface area (Å²) in [7, 11) is 1.85. The Morgan fingerprint density at radius 2 is 2.30 bits per heavy atom. The van der Waals surface area contributed by atoms with Crippen LogP contribution in [0.15, 0.2) is 15.6 Å². The highest BCUT2D eigenvalue weighted by Gasteiger charge is 2.60. The molecule has 5 atom stereocenters. The predicted octanol–water partition coefficient (Wildman–Crippen LogP) is -0.563. The van der Waals surface area contributed by atoms with Crippen molar-refractivity contribution in [2.24, 2.45) is 16.8 Å². The van der Waals surface area contributed by atoms with Crippen LogP contribution >= 0.6 is 11.8 Å². The van der Waals surface area contributed by atoms with Gasteiger partial charge in [0.15, 0.2) is 0 Å². The Morgan fingerprint density at radius 1 is 1.56 bits per heavy atom. The number of aliphatic hydroxyl groups is 1. The van der Waals surface area contributed by atoms with Crippen LogP contribution in [0.25, 0.3) is 0 Å². The van der Waals surface area contributed by atoms with Crippen molar-refractivity contribution in [3.8, 4) is 0 Å². The fourth-order valence-corrected chi connectivity index (χ4v) is 5.12. The first kappa shape index (κ1) is 20.0. The number of ether oxygens (including phenoxy) is 1. The summed E-state index contributed by atoms with van der Waals surface area (Å²) >= 11 is 1.45. The van der Waals surface area contributed by atoms with Gasteiger partial charge in [0.2, 0.25) is 5.91 Å². The molecule has 3 aliphatic heterocycles. The molecule has 1 fully saturated rings. The van der Waals surface area contributed by atoms with Crippen molar-refractivity contribution in [1.82, 2.24) is 15.5 Å². The maximum Gasteiger partial charge on any atom is 0.353 e. The number of carbonyl (C=O) groups is 2. The highest BCUT2D eigenvalue weighted by molar-refractivity contribution is 8.03. The van der Waals surface area contributed by atoms with Crippen LogP contribution in [0.4, 0.5) is 0 Å². The second kappa shape index (κ2) is 8.07. The number of nitrogens with one attached hydrogen (secondary N) is 2. The van der Waals surface area contributed by atoms with Gasteiger partial charge in [-0.25, -0.2) is 9.79 Å². The third-order valence-electron chi connectivity index (χ3n) is 5.12. The number of likely N-dealkylation sites (N-methyl/N-ethyl adjacent to an activating group) is 1. The average molecular weight is 398 g/mol. The number of amides is 1. The highest BCUT2D eigenvalue weighted by Crippen LogP contribution is 2.51. The summed E-state index contributed by atoms with van der Waals surface area (Å²) in [6.45, 7) is 5.85. The molecule has 4 N–H and O–H groups in total. The predicted molar refractivity (Wildman–Crippen MR) is 101 cm³/mol. The first-order valence-electron chi connectivity index (χ1n) is 9.07. The van der Waals surface area contributed by atoms with Gasteiger partial charge in [0.25, 0.3) is 6.02 Å². The molecule has 9 nitrogen and oxygen atoms in total. The Balaban J connectivity index is 1.69. The van der Waals surface area contributed by atoms with Gasteiger partial charge in [0.1, 0.15) is 12.3 Å². The summed E-state index contributed by atoms with van der Waals surface area (Å²) in [6, 6.07) is 0.216. The van der Waals surface area contributed by atoms with Crippen LogP contribution in [0.1, 0.15) is 13.8 Å². The minimum absolute atomic E-state index is 0.0484. The molecule has 0 aliphatic carbocycles. The van der Waals surface area contributed by atoms with Crippen LogP contribution in [0.2, 0.25) is 0 Å². The van der Waals surface area contributed by atoms with Crippen LogP contribution in [-0.4, -0.2) is 83.7 Å². The van der Waals surface area contributed by atoms with E-state index >= 15 is 0 Å². The number of thioether (sulfide) groups is 1. The van der Waals surface area contributed by atoms with Crippen molar-refractivity contribution in [3.63, 3.8) is 0 Å². The molecular weight excluding hydrogens is 372 g/mol. The van der Waals surface area contributed by atoms with Gasteiger partial charge in [-0.3, -0.25) is 4.79 Å². The third-order valence-corrected chi connectivity index (χ3v) is 6.58. The molecule has 0 saturated carbocycles. The molecule has 10 heteroatoms. The second-order valence-electron chi connectivity index (χ2n) is 6.99. The van der Waals surface area contributed by atoms with Crippen molar-refractivity contribution in [2.75, 3.05) is 33.3 Å². The minimum atomic E-state index is -1.10. The van der Waals surface area contributed by atoms with Gasteiger partial charge in [0, 0.05) is 29.2 Å². The highest BCUT2D eigenvalue weighted by atomic mass is 32.2. The Kier molecular flexibility index (Phi) is 5.97. The lowest BCUT2D eigenvalue weighted by Gasteiger charge is -2.46. The van der Waals surface area contributed by atoms with Gasteiger partial charge in [-0.15, -0.1) is 11.8 Å². The zero-order valence-electron chi connectivity index (χ0n) is 15.6. The van der Waals surface area contributed by atoms with E-state index in [4.69, 9.17) is 4.74 Å². The van der Waals surface area contributed by atoms with E-state index in [0.717, 1.165) is 6.54 Å². The molecule has 27 heavy (non-hydrogen) atoms. The van der Waals surface area contributed by atoms with E-state index in [9.17, 15) is 19.8 Å². The quantitative estimate of drug-likeness (QED) is 0.332. The SMILES string of the molecule is CNCCOC1=NCC(SC2=C(C(=O)O)N3C(=O)[C@H]([C@@H](C)O)[C@H]3[C@H]2C)CN1. The van der Waals surface area contributed by atoms with Gasteiger partial charge < -0.3 is 30.5 Å². The van der Waals surface area contributed by atoms with E-state index in [1.807, 2.05) is 14.0 Å². The number of amidine groups is 1. The first-order chi connectivity index (χ1) is 12.9. The number of rotatable bonds is 7. The summed E-state index contributed by atoms with van der Waals surface area (Å²) in [5.74, 6) is -2.08. The van der Waals surface area contributed by atoms with E-state index in [1.54, 1.807) is 6.92 Å². The van der Waals surface area contributed by atoms with Gasteiger partial charge in [-0.1, -0.05) is 6.92 Å². The van der Waals surface area contributed by atoms with Gasteiger partial charge >= 0.3 is 5.97 Å². The van der Waals surface area contributed by atoms with E-state index < -0.39 is 18.0 Å². The topological polar surface area (TPSA) is 123 Å². The number of carboxylic acid groups (broad SMARTS) is 1. The maximum absolute atomic E-state index is 12.4. The number of nitrogens with zero attached hydrogens (tertiary/aromatic N) is 2. The molecule has 3 heterocycles. The van der Waals surface area contributed by atoms with Crippen LogP contribution in [0.3, 0.4) is 0 Å². The molecule has 150 valence electrons. The van der Waals surface area contributed by atoms with Crippen LogP contribution in [0.5, 0.6) is 0 Å². The Hall–Kier alpha value is -1.78. The zero-order valence-corrected chi connectivity index (χ0v) is 16.5. The molecule has 3 rings (SSSR count). The van der Waals surface area contributed by atoms with E-state index in [-0.39, 0.29) is 28.8 Å². The summed E-state index contributed by atoms with van der Waals surface area (Å²) in [5, 5.41) is 25.7. The molecule has 3 aliphatic rings. The molecule has 0 radical (unpaired) electrons. The Labute approximate surface area is 162 Å². The monoisotopic (exact) mass is 398 g/mol. The molecule has 0 spiro atoms. The number of carbonyl (C=O) groups excluding carboxylic acids is 1.